The summed E-state index contributed by atoms with van der Waals surface area (Å²) in [6, 6.07) is 4.27. The molecule has 2 aromatic rings. The Balaban J connectivity index is 2.26. The fourth-order valence-corrected chi connectivity index (χ4v) is 2.48. The Morgan fingerprint density at radius 1 is 1.35 bits per heavy atom. The van der Waals surface area contributed by atoms with Gasteiger partial charge in [-0.3, -0.25) is 20.9 Å². The molecule has 1 atom stereocenters. The van der Waals surface area contributed by atoms with Gasteiger partial charge in [0.2, 0.25) is 0 Å². The van der Waals surface area contributed by atoms with Crippen LogP contribution in [0.3, 0.4) is 0 Å². The molecule has 2 rings (SSSR count). The van der Waals surface area contributed by atoms with Crippen molar-refractivity contribution < 1.29 is 0 Å². The number of aromatic nitrogens is 3. The number of hydrazine groups is 1. The van der Waals surface area contributed by atoms with Gasteiger partial charge in [0, 0.05) is 31.6 Å². The first-order valence-corrected chi connectivity index (χ1v) is 7.10. The molecule has 1 unspecified atom stereocenters. The van der Waals surface area contributed by atoms with Crippen LogP contribution < -0.4 is 11.3 Å². The van der Waals surface area contributed by atoms with Gasteiger partial charge in [-0.15, -0.1) is 0 Å². The van der Waals surface area contributed by atoms with Crippen LogP contribution in [0.5, 0.6) is 0 Å². The molecule has 2 aromatic heterocycles. The van der Waals surface area contributed by atoms with Gasteiger partial charge in [-0.25, -0.2) is 0 Å². The Hall–Kier alpha value is -1.72. The minimum atomic E-state index is 0.0769. The minimum Gasteiger partial charge on any atom is -0.272 e. The van der Waals surface area contributed by atoms with E-state index in [9.17, 15) is 0 Å². The van der Waals surface area contributed by atoms with Gasteiger partial charge in [-0.2, -0.15) is 5.10 Å². The molecule has 0 saturated heterocycles. The van der Waals surface area contributed by atoms with Crippen molar-refractivity contribution in [1.29, 1.82) is 0 Å². The van der Waals surface area contributed by atoms with E-state index in [0.717, 1.165) is 25.0 Å². The van der Waals surface area contributed by atoms with Crippen LogP contribution in [-0.4, -0.2) is 14.8 Å². The van der Waals surface area contributed by atoms with Crippen molar-refractivity contribution in [1.82, 2.24) is 20.2 Å². The lowest BCUT2D eigenvalue weighted by Gasteiger charge is -2.19. The predicted molar refractivity (Wildman–Crippen MR) is 80.0 cm³/mol. The summed E-state index contributed by atoms with van der Waals surface area (Å²) >= 11 is 0. The van der Waals surface area contributed by atoms with E-state index in [0.29, 0.717) is 0 Å². The summed E-state index contributed by atoms with van der Waals surface area (Å²) in [6.07, 6.45) is 6.45. The van der Waals surface area contributed by atoms with E-state index in [1.54, 1.807) is 0 Å². The summed E-state index contributed by atoms with van der Waals surface area (Å²) in [7, 11) is 1.98. The number of nitrogens with zero attached hydrogens (tertiary/aromatic N) is 3. The van der Waals surface area contributed by atoms with Gasteiger partial charge in [-0.1, -0.05) is 13.8 Å². The van der Waals surface area contributed by atoms with E-state index in [-0.39, 0.29) is 6.04 Å². The second-order valence-electron chi connectivity index (χ2n) is 4.96. The molecule has 0 spiro atoms. The summed E-state index contributed by atoms with van der Waals surface area (Å²) in [5, 5.41) is 4.49. The normalized spacial score (nSPS) is 12.6. The zero-order chi connectivity index (χ0) is 14.5. The smallest absolute Gasteiger partial charge is 0.0624 e. The molecule has 108 valence electrons. The van der Waals surface area contributed by atoms with Gasteiger partial charge in [0.05, 0.1) is 11.7 Å². The molecule has 0 aliphatic heterocycles. The van der Waals surface area contributed by atoms with Gasteiger partial charge in [0.15, 0.2) is 0 Å². The lowest BCUT2D eigenvalue weighted by Crippen LogP contribution is -2.31. The lowest BCUT2D eigenvalue weighted by molar-refractivity contribution is 0.526. The highest BCUT2D eigenvalue weighted by molar-refractivity contribution is 5.28. The highest BCUT2D eigenvalue weighted by Gasteiger charge is 2.16. The third-order valence-electron chi connectivity index (χ3n) is 3.70. The lowest BCUT2D eigenvalue weighted by atomic mass is 9.97. The molecule has 0 aromatic carbocycles. The van der Waals surface area contributed by atoms with E-state index < -0.39 is 0 Å². The van der Waals surface area contributed by atoms with Crippen molar-refractivity contribution in [3.63, 3.8) is 0 Å². The number of aryl methyl sites for hydroxylation is 3. The van der Waals surface area contributed by atoms with Gasteiger partial charge in [0.25, 0.3) is 0 Å². The zero-order valence-electron chi connectivity index (χ0n) is 12.4. The monoisotopic (exact) mass is 273 g/mol. The van der Waals surface area contributed by atoms with Crippen LogP contribution in [0.1, 0.15) is 42.4 Å². The van der Waals surface area contributed by atoms with Crippen LogP contribution >= 0.6 is 0 Å². The van der Waals surface area contributed by atoms with Gasteiger partial charge >= 0.3 is 0 Å². The topological polar surface area (TPSA) is 68.8 Å². The van der Waals surface area contributed by atoms with E-state index in [2.05, 4.69) is 35.4 Å². The average molecular weight is 273 g/mol. The summed E-state index contributed by atoms with van der Waals surface area (Å²) in [6.45, 7) is 4.25. The Labute approximate surface area is 120 Å². The SMILES string of the molecule is CCc1cc(CC(NN)c2ccncc2CC)n(C)n1. The first-order valence-electron chi connectivity index (χ1n) is 7.10. The number of hydrogen-bond acceptors (Lipinski definition) is 4. The highest BCUT2D eigenvalue weighted by Crippen LogP contribution is 2.21. The molecule has 0 fully saturated rings. The Morgan fingerprint density at radius 3 is 2.75 bits per heavy atom. The largest absolute Gasteiger partial charge is 0.272 e. The first-order chi connectivity index (χ1) is 9.69. The van der Waals surface area contributed by atoms with E-state index in [1.807, 2.05) is 30.2 Å². The molecule has 0 amide bonds. The maximum absolute atomic E-state index is 5.77. The number of hydrogen-bond donors (Lipinski definition) is 2. The zero-order valence-corrected chi connectivity index (χ0v) is 12.4. The summed E-state index contributed by atoms with van der Waals surface area (Å²) in [5.74, 6) is 5.77. The van der Waals surface area contributed by atoms with Gasteiger partial charge in [-0.05, 0) is 36.1 Å². The molecule has 2 heterocycles. The van der Waals surface area contributed by atoms with Crippen LogP contribution in [0.15, 0.2) is 24.5 Å². The van der Waals surface area contributed by atoms with Crippen LogP contribution in [0.4, 0.5) is 0 Å². The molecule has 5 heteroatoms. The van der Waals surface area contributed by atoms with Crippen LogP contribution in [0.25, 0.3) is 0 Å². The summed E-state index contributed by atoms with van der Waals surface area (Å²) in [5.41, 5.74) is 7.67. The molecule has 0 aliphatic carbocycles. The van der Waals surface area contributed by atoms with Crippen molar-refractivity contribution in [3.05, 3.63) is 47.0 Å². The number of rotatable bonds is 6. The van der Waals surface area contributed by atoms with Crippen molar-refractivity contribution in [2.24, 2.45) is 12.9 Å². The molecule has 0 radical (unpaired) electrons. The molecule has 0 bridgehead atoms. The fraction of sp³-hybridized carbons (Fsp3) is 0.467. The Kier molecular flexibility index (Phi) is 4.87. The van der Waals surface area contributed by atoms with Crippen molar-refractivity contribution in [2.75, 3.05) is 0 Å². The van der Waals surface area contributed by atoms with E-state index in [1.165, 1.54) is 16.8 Å². The molecular weight excluding hydrogens is 250 g/mol. The second kappa shape index (κ2) is 6.63. The molecular formula is C15H23N5. The summed E-state index contributed by atoms with van der Waals surface area (Å²) in [4.78, 5) is 4.19. The second-order valence-corrected chi connectivity index (χ2v) is 4.96. The van der Waals surface area contributed by atoms with Crippen molar-refractivity contribution in [2.45, 2.75) is 39.2 Å². The number of nitrogens with two attached hydrogens (primary N) is 1. The van der Waals surface area contributed by atoms with Crippen LogP contribution in [0, 0.1) is 0 Å². The third kappa shape index (κ3) is 3.05. The third-order valence-corrected chi connectivity index (χ3v) is 3.70. The summed E-state index contributed by atoms with van der Waals surface area (Å²) < 4.78 is 1.94. The maximum atomic E-state index is 5.77. The Bertz CT molecular complexity index is 561. The van der Waals surface area contributed by atoms with E-state index >= 15 is 0 Å². The van der Waals surface area contributed by atoms with Crippen LogP contribution in [0.2, 0.25) is 0 Å². The van der Waals surface area contributed by atoms with E-state index in [4.69, 9.17) is 5.84 Å². The van der Waals surface area contributed by atoms with Crippen molar-refractivity contribution >= 4 is 0 Å². The van der Waals surface area contributed by atoms with Crippen LogP contribution in [-0.2, 0) is 26.3 Å². The standard InChI is InChI=1S/C15H23N5/c1-4-11-10-17-7-6-14(11)15(18-16)9-13-8-12(5-2)19-20(13)3/h6-8,10,15,18H,4-5,9,16H2,1-3H3. The molecule has 0 saturated carbocycles. The maximum Gasteiger partial charge on any atom is 0.0624 e. The Morgan fingerprint density at radius 2 is 2.15 bits per heavy atom. The molecule has 0 aliphatic rings. The average Bonchev–Trinajstić information content (AvgIpc) is 2.85. The molecule has 5 nitrogen and oxygen atoms in total. The number of nitrogens with one attached hydrogen (secondary N) is 1. The van der Waals surface area contributed by atoms with Gasteiger partial charge < -0.3 is 0 Å². The highest BCUT2D eigenvalue weighted by atomic mass is 15.3. The molecule has 3 N–H and O–H groups in total. The number of pyridine rings is 1. The van der Waals surface area contributed by atoms with Gasteiger partial charge in [0.1, 0.15) is 0 Å². The molecule has 20 heavy (non-hydrogen) atoms. The predicted octanol–water partition coefficient (Wildman–Crippen LogP) is 1.69. The first kappa shape index (κ1) is 14.7. The fourth-order valence-electron chi connectivity index (χ4n) is 2.48. The minimum absolute atomic E-state index is 0.0769. The quantitative estimate of drug-likeness (QED) is 0.621. The van der Waals surface area contributed by atoms with Crippen molar-refractivity contribution in [3.8, 4) is 0 Å².